The van der Waals surface area contributed by atoms with Crippen LogP contribution in [0.3, 0.4) is 0 Å². The highest BCUT2D eigenvalue weighted by Gasteiger charge is 2.64. The summed E-state index contributed by atoms with van der Waals surface area (Å²) in [5.74, 6) is -1.14. The van der Waals surface area contributed by atoms with Crippen LogP contribution < -0.4 is 0 Å². The second kappa shape index (κ2) is 11.5. The van der Waals surface area contributed by atoms with Crippen molar-refractivity contribution in [3.63, 3.8) is 0 Å². The maximum atomic E-state index is 14.7. The third kappa shape index (κ3) is 5.58. The summed E-state index contributed by atoms with van der Waals surface area (Å²) in [6.07, 6.45) is -1.75. The van der Waals surface area contributed by atoms with Crippen LogP contribution in [0.1, 0.15) is 36.4 Å². The van der Waals surface area contributed by atoms with Crippen LogP contribution in [0.2, 0.25) is 0 Å². The van der Waals surface area contributed by atoms with Crippen LogP contribution >= 0.6 is 0 Å². The molecule has 3 aromatic carbocycles. The summed E-state index contributed by atoms with van der Waals surface area (Å²) >= 11 is 0. The van der Waals surface area contributed by atoms with E-state index in [4.69, 9.17) is 4.74 Å². The number of likely N-dealkylation sites (tertiary alicyclic amines) is 1. The van der Waals surface area contributed by atoms with Gasteiger partial charge in [-0.1, -0.05) is 91.3 Å². The highest BCUT2D eigenvalue weighted by Crippen LogP contribution is 2.44. The summed E-state index contributed by atoms with van der Waals surface area (Å²) in [6, 6.07) is 24.2. The first-order chi connectivity index (χ1) is 17.8. The molecule has 0 radical (unpaired) electrons. The van der Waals surface area contributed by atoms with E-state index in [1.165, 1.54) is 36.2 Å². The number of benzene rings is 3. The molecule has 4 nitrogen and oxygen atoms in total. The number of halogens is 3. The van der Waals surface area contributed by atoms with Crippen LogP contribution in [0.5, 0.6) is 0 Å². The van der Waals surface area contributed by atoms with E-state index in [9.17, 15) is 18.0 Å². The van der Waals surface area contributed by atoms with Gasteiger partial charge in [0.05, 0.1) is 6.04 Å². The van der Waals surface area contributed by atoms with E-state index in [0.717, 1.165) is 56.2 Å². The molecule has 0 saturated carbocycles. The standard InChI is InChI=1S/C30H33F3N2O2/c1-34(28(36)29(37-2,30(31,32)33)26-14-8-4-9-15-26)27(22-35-20-10-5-11-21-35)25-18-16-24(17-19-25)23-12-6-3-7-13-23/h3-4,6-9,12-19,27H,5,10-11,20-22H2,1-2H3/t27-,29?/m0/s1. The minimum absolute atomic E-state index is 0.238. The van der Waals surface area contributed by atoms with E-state index in [2.05, 4.69) is 4.90 Å². The molecule has 196 valence electrons. The van der Waals surface area contributed by atoms with Crippen molar-refractivity contribution in [2.45, 2.75) is 37.1 Å². The van der Waals surface area contributed by atoms with Crippen molar-refractivity contribution in [1.29, 1.82) is 0 Å². The lowest BCUT2D eigenvalue weighted by molar-refractivity contribution is -0.270. The highest BCUT2D eigenvalue weighted by molar-refractivity contribution is 5.88. The maximum absolute atomic E-state index is 14.7. The number of methoxy groups -OCH3 is 1. The first kappa shape index (κ1) is 26.9. The number of alkyl halides is 3. The molecular weight excluding hydrogens is 477 g/mol. The molecule has 0 aliphatic carbocycles. The number of nitrogens with zero attached hydrogens (tertiary/aromatic N) is 2. The van der Waals surface area contributed by atoms with Crippen LogP contribution in [0, 0.1) is 0 Å². The van der Waals surface area contributed by atoms with Gasteiger partial charge in [-0.2, -0.15) is 13.2 Å². The van der Waals surface area contributed by atoms with Gasteiger partial charge in [-0.15, -0.1) is 0 Å². The third-order valence-electron chi connectivity index (χ3n) is 7.26. The second-order valence-electron chi connectivity index (χ2n) is 9.53. The van der Waals surface area contributed by atoms with Crippen LogP contribution in [-0.2, 0) is 15.1 Å². The van der Waals surface area contributed by atoms with Gasteiger partial charge in [0.2, 0.25) is 0 Å². The Kier molecular flexibility index (Phi) is 8.35. The van der Waals surface area contributed by atoms with Gasteiger partial charge < -0.3 is 14.5 Å². The van der Waals surface area contributed by atoms with Gasteiger partial charge in [0.15, 0.2) is 0 Å². The molecule has 1 unspecified atom stereocenters. The van der Waals surface area contributed by atoms with Gasteiger partial charge in [-0.3, -0.25) is 4.79 Å². The topological polar surface area (TPSA) is 32.8 Å². The van der Waals surface area contributed by atoms with Crippen molar-refractivity contribution in [3.05, 3.63) is 96.1 Å². The molecule has 1 saturated heterocycles. The summed E-state index contributed by atoms with van der Waals surface area (Å²) in [7, 11) is 2.39. The fraction of sp³-hybridized carbons (Fsp3) is 0.367. The summed E-state index contributed by atoms with van der Waals surface area (Å²) in [4.78, 5) is 17.3. The molecule has 1 aliphatic heterocycles. The average molecular weight is 511 g/mol. The van der Waals surface area contributed by atoms with E-state index in [1.54, 1.807) is 6.07 Å². The first-order valence-corrected chi connectivity index (χ1v) is 12.6. The van der Waals surface area contributed by atoms with Gasteiger partial charge in [-0.25, -0.2) is 0 Å². The van der Waals surface area contributed by atoms with Gasteiger partial charge in [-0.05, 0) is 42.6 Å². The number of piperidine rings is 1. The van der Waals surface area contributed by atoms with Crippen molar-refractivity contribution in [3.8, 4) is 11.1 Å². The number of ether oxygens (including phenoxy) is 1. The summed E-state index contributed by atoms with van der Waals surface area (Å²) in [5.41, 5.74) is -0.515. The largest absolute Gasteiger partial charge is 0.430 e. The third-order valence-corrected chi connectivity index (χ3v) is 7.26. The van der Waals surface area contributed by atoms with Crippen molar-refractivity contribution in [2.75, 3.05) is 33.8 Å². The Labute approximate surface area is 216 Å². The van der Waals surface area contributed by atoms with Crippen molar-refractivity contribution >= 4 is 5.91 Å². The second-order valence-corrected chi connectivity index (χ2v) is 9.53. The number of rotatable bonds is 8. The zero-order chi connectivity index (χ0) is 26.5. The van der Waals surface area contributed by atoms with E-state index < -0.39 is 23.7 Å². The average Bonchev–Trinajstić information content (AvgIpc) is 2.93. The molecule has 0 spiro atoms. The molecule has 1 fully saturated rings. The smallest absolute Gasteiger partial charge is 0.356 e. The Morgan fingerprint density at radius 3 is 1.95 bits per heavy atom. The normalized spacial score (nSPS) is 17.1. The van der Waals surface area contributed by atoms with Crippen LogP contribution in [0.4, 0.5) is 13.2 Å². The Hall–Kier alpha value is -3.16. The lowest BCUT2D eigenvalue weighted by Gasteiger charge is -2.41. The molecule has 0 N–H and O–H groups in total. The number of carbonyl (C=O) groups is 1. The lowest BCUT2D eigenvalue weighted by Crippen LogP contribution is -2.57. The van der Waals surface area contributed by atoms with Crippen molar-refractivity contribution in [2.24, 2.45) is 0 Å². The van der Waals surface area contributed by atoms with Gasteiger partial charge >= 0.3 is 6.18 Å². The molecule has 7 heteroatoms. The number of hydrogen-bond donors (Lipinski definition) is 0. The Morgan fingerprint density at radius 1 is 0.865 bits per heavy atom. The first-order valence-electron chi connectivity index (χ1n) is 12.6. The van der Waals surface area contributed by atoms with Crippen molar-refractivity contribution < 1.29 is 22.7 Å². The minimum atomic E-state index is -4.96. The summed E-state index contributed by atoms with van der Waals surface area (Å²) < 4.78 is 49.1. The van der Waals surface area contributed by atoms with E-state index in [1.807, 2.05) is 54.6 Å². The monoisotopic (exact) mass is 510 g/mol. The van der Waals surface area contributed by atoms with Crippen LogP contribution in [-0.4, -0.2) is 55.7 Å². The number of carbonyl (C=O) groups excluding carboxylic acids is 1. The molecule has 4 rings (SSSR count). The highest BCUT2D eigenvalue weighted by atomic mass is 19.4. The zero-order valence-corrected chi connectivity index (χ0v) is 21.2. The molecular formula is C30H33F3N2O2. The minimum Gasteiger partial charge on any atom is -0.356 e. The Balaban J connectivity index is 1.72. The number of hydrogen-bond acceptors (Lipinski definition) is 3. The quantitative estimate of drug-likeness (QED) is 0.350. The summed E-state index contributed by atoms with van der Waals surface area (Å²) in [5, 5.41) is 0. The zero-order valence-electron chi connectivity index (χ0n) is 21.2. The number of likely N-dealkylation sites (N-methyl/N-ethyl adjacent to an activating group) is 1. The van der Waals surface area contributed by atoms with Crippen molar-refractivity contribution in [1.82, 2.24) is 9.80 Å². The van der Waals surface area contributed by atoms with Gasteiger partial charge in [0, 0.05) is 26.3 Å². The fourth-order valence-electron chi connectivity index (χ4n) is 5.16. The van der Waals surface area contributed by atoms with Gasteiger partial charge in [0.1, 0.15) is 0 Å². The molecule has 37 heavy (non-hydrogen) atoms. The summed E-state index contributed by atoms with van der Waals surface area (Å²) in [6.45, 7) is 2.15. The molecule has 1 amide bonds. The molecule has 0 aromatic heterocycles. The lowest BCUT2D eigenvalue weighted by atomic mass is 9.89. The maximum Gasteiger partial charge on any atom is 0.430 e. The van der Waals surface area contributed by atoms with E-state index in [0.29, 0.717) is 6.54 Å². The predicted octanol–water partition coefficient (Wildman–Crippen LogP) is 6.44. The van der Waals surface area contributed by atoms with Crippen LogP contribution in [0.25, 0.3) is 11.1 Å². The molecule has 3 aromatic rings. The van der Waals surface area contributed by atoms with E-state index >= 15 is 0 Å². The Bertz CT molecular complexity index is 1150. The molecule has 1 heterocycles. The Morgan fingerprint density at radius 2 is 1.41 bits per heavy atom. The number of amides is 1. The fourth-order valence-corrected chi connectivity index (χ4v) is 5.16. The molecule has 2 atom stereocenters. The van der Waals surface area contributed by atoms with Crippen LogP contribution in [0.15, 0.2) is 84.9 Å². The molecule has 0 bridgehead atoms. The van der Waals surface area contributed by atoms with E-state index in [-0.39, 0.29) is 5.56 Å². The predicted molar refractivity (Wildman–Crippen MR) is 139 cm³/mol. The SMILES string of the molecule is COC(C(=O)N(C)[C@@H](CN1CCCCC1)c1ccc(-c2ccccc2)cc1)(c1ccccc1)C(F)(F)F. The molecule has 1 aliphatic rings. The van der Waals surface area contributed by atoms with Gasteiger partial charge in [0.25, 0.3) is 11.5 Å².